The third kappa shape index (κ3) is 4.67. The monoisotopic (exact) mass is 459 g/mol. The van der Waals surface area contributed by atoms with Gasteiger partial charge in [0, 0.05) is 17.7 Å². The minimum atomic E-state index is -0.850. The first-order valence-corrected chi connectivity index (χ1v) is 11.5. The van der Waals surface area contributed by atoms with E-state index in [0.29, 0.717) is 28.2 Å². The van der Waals surface area contributed by atoms with Gasteiger partial charge in [-0.2, -0.15) is 0 Å². The highest BCUT2D eigenvalue weighted by Gasteiger charge is 2.27. The third-order valence-electron chi connectivity index (χ3n) is 4.71. The highest BCUT2D eigenvalue weighted by molar-refractivity contribution is 8.00. The molecule has 0 saturated carbocycles. The highest BCUT2D eigenvalue weighted by Crippen LogP contribution is 2.35. The zero-order valence-corrected chi connectivity index (χ0v) is 18.4. The molecule has 1 atom stereocenters. The summed E-state index contributed by atoms with van der Waals surface area (Å²) < 4.78 is 28.4. The molecule has 1 aliphatic rings. The van der Waals surface area contributed by atoms with Gasteiger partial charge in [-0.05, 0) is 31.2 Å². The smallest absolute Gasteiger partial charge is 0.272 e. The molecular formula is C22H19F2N3O2S2. The van der Waals surface area contributed by atoms with Gasteiger partial charge in [0.05, 0.1) is 27.7 Å². The molecule has 1 aromatic heterocycles. The minimum Gasteiger partial charge on any atom is -0.323 e. The number of rotatable bonds is 5. The number of halogens is 2. The molecule has 2 heterocycles. The largest absolute Gasteiger partial charge is 0.323 e. The number of thioether (sulfide) groups is 2. The molecule has 0 unspecified atom stereocenters. The average Bonchev–Trinajstić information content (AvgIpc) is 3.10. The Morgan fingerprint density at radius 2 is 2.00 bits per heavy atom. The van der Waals surface area contributed by atoms with Crippen molar-refractivity contribution < 1.29 is 13.6 Å². The first kappa shape index (κ1) is 21.6. The fourth-order valence-electron chi connectivity index (χ4n) is 3.23. The van der Waals surface area contributed by atoms with E-state index in [9.17, 15) is 18.4 Å². The summed E-state index contributed by atoms with van der Waals surface area (Å²) in [6.07, 6.45) is 0.685. The Bertz CT molecular complexity index is 1210. The molecule has 9 heteroatoms. The molecule has 160 valence electrons. The molecule has 2 aromatic carbocycles. The van der Waals surface area contributed by atoms with Crippen molar-refractivity contribution in [1.29, 1.82) is 0 Å². The second-order valence-electron chi connectivity index (χ2n) is 7.24. The van der Waals surface area contributed by atoms with E-state index in [2.05, 4.69) is 10.3 Å². The van der Waals surface area contributed by atoms with Crippen molar-refractivity contribution >= 4 is 35.1 Å². The molecule has 0 radical (unpaired) electrons. The Balaban J connectivity index is 1.62. The van der Waals surface area contributed by atoms with Gasteiger partial charge in [0.1, 0.15) is 11.6 Å². The molecule has 1 aliphatic heterocycles. The van der Waals surface area contributed by atoms with Crippen LogP contribution in [0.5, 0.6) is 0 Å². The molecule has 0 saturated heterocycles. The summed E-state index contributed by atoms with van der Waals surface area (Å²) >= 11 is 2.61. The van der Waals surface area contributed by atoms with Gasteiger partial charge < -0.3 is 5.32 Å². The third-order valence-corrected chi connectivity index (χ3v) is 6.86. The zero-order valence-electron chi connectivity index (χ0n) is 16.8. The van der Waals surface area contributed by atoms with Gasteiger partial charge in [0.15, 0.2) is 5.16 Å². The van der Waals surface area contributed by atoms with Gasteiger partial charge in [0.25, 0.3) is 5.56 Å². The van der Waals surface area contributed by atoms with E-state index in [0.717, 1.165) is 29.1 Å². The maximum atomic E-state index is 13.8. The van der Waals surface area contributed by atoms with Crippen molar-refractivity contribution in [2.45, 2.75) is 35.6 Å². The van der Waals surface area contributed by atoms with Gasteiger partial charge in [0.2, 0.25) is 5.91 Å². The predicted molar refractivity (Wildman–Crippen MR) is 119 cm³/mol. The summed E-state index contributed by atoms with van der Waals surface area (Å²) in [5.74, 6) is -2.14. The highest BCUT2D eigenvalue weighted by atomic mass is 32.2. The van der Waals surface area contributed by atoms with Crippen LogP contribution < -0.4 is 10.9 Å². The first-order chi connectivity index (χ1) is 14.8. The van der Waals surface area contributed by atoms with Crippen LogP contribution >= 0.6 is 23.5 Å². The maximum absolute atomic E-state index is 13.8. The number of nitrogens with zero attached hydrogens (tertiary/aromatic N) is 2. The SMILES string of the molecule is Cc1ccc(-n2c(SCC(=O)Nc3ccc(F)cc3F)nc3c(c2=O)S[C@@H](C)C3)cc1. The number of carbonyl (C=O) groups is 1. The van der Waals surface area contributed by atoms with Crippen molar-refractivity contribution in [3.8, 4) is 5.69 Å². The molecule has 1 amide bonds. The molecule has 0 bridgehead atoms. The summed E-state index contributed by atoms with van der Waals surface area (Å²) in [6.45, 7) is 4.00. The van der Waals surface area contributed by atoms with E-state index in [1.165, 1.54) is 22.4 Å². The van der Waals surface area contributed by atoms with Gasteiger partial charge in [-0.1, -0.05) is 36.4 Å². The number of carbonyl (C=O) groups excluding carboxylic acids is 1. The van der Waals surface area contributed by atoms with Crippen molar-refractivity contribution in [1.82, 2.24) is 9.55 Å². The van der Waals surface area contributed by atoms with Crippen molar-refractivity contribution in [3.05, 3.63) is 75.7 Å². The Morgan fingerprint density at radius 3 is 2.71 bits per heavy atom. The Kier molecular flexibility index (Phi) is 6.15. The standard InChI is InChI=1S/C22H19F2N3O2S2/c1-12-3-6-15(7-4-12)27-21(29)20-18(9-13(2)31-20)26-22(27)30-11-19(28)25-17-8-5-14(23)10-16(17)24/h3-8,10,13H,9,11H2,1-2H3,(H,25,28)/t13-/m0/s1. The number of fused-ring (bicyclic) bond motifs is 1. The number of hydrogen-bond acceptors (Lipinski definition) is 5. The molecule has 4 rings (SSSR count). The number of anilines is 1. The Hall–Kier alpha value is -2.65. The molecule has 1 N–H and O–H groups in total. The molecule has 31 heavy (non-hydrogen) atoms. The minimum absolute atomic E-state index is 0.0867. The molecule has 0 aliphatic carbocycles. The lowest BCUT2D eigenvalue weighted by molar-refractivity contribution is -0.113. The van der Waals surface area contributed by atoms with E-state index < -0.39 is 17.5 Å². The van der Waals surface area contributed by atoms with Crippen molar-refractivity contribution in [3.63, 3.8) is 0 Å². The van der Waals surface area contributed by atoms with Crippen LogP contribution in [-0.4, -0.2) is 26.5 Å². The van der Waals surface area contributed by atoms with Crippen LogP contribution in [0.15, 0.2) is 57.3 Å². The molecular weight excluding hydrogens is 440 g/mol. The summed E-state index contributed by atoms with van der Waals surface area (Å²) in [5, 5.41) is 3.08. The van der Waals surface area contributed by atoms with E-state index in [4.69, 9.17) is 0 Å². The van der Waals surface area contributed by atoms with E-state index in [-0.39, 0.29) is 22.2 Å². The first-order valence-electron chi connectivity index (χ1n) is 9.59. The number of amides is 1. The molecule has 0 fully saturated rings. The average molecular weight is 460 g/mol. The summed E-state index contributed by atoms with van der Waals surface area (Å²) in [4.78, 5) is 30.9. The van der Waals surface area contributed by atoms with Gasteiger partial charge in [-0.15, -0.1) is 11.8 Å². The zero-order chi connectivity index (χ0) is 22.1. The number of aryl methyl sites for hydroxylation is 1. The van der Waals surface area contributed by atoms with Crippen LogP contribution in [-0.2, 0) is 11.2 Å². The fourth-order valence-corrected chi connectivity index (χ4v) is 5.15. The quantitative estimate of drug-likeness (QED) is 0.447. The van der Waals surface area contributed by atoms with E-state index in [1.807, 2.05) is 38.1 Å². The number of aromatic nitrogens is 2. The Labute approximate surface area is 186 Å². The molecule has 0 spiro atoms. The van der Waals surface area contributed by atoms with Crippen LogP contribution in [0.1, 0.15) is 18.2 Å². The number of benzene rings is 2. The summed E-state index contributed by atoms with van der Waals surface area (Å²) in [5.41, 5.74) is 2.20. The topological polar surface area (TPSA) is 64.0 Å². The van der Waals surface area contributed by atoms with E-state index in [1.54, 1.807) is 0 Å². The van der Waals surface area contributed by atoms with Crippen LogP contribution in [0.2, 0.25) is 0 Å². The normalized spacial score (nSPS) is 15.0. The van der Waals surface area contributed by atoms with Crippen LogP contribution in [0.3, 0.4) is 0 Å². The van der Waals surface area contributed by atoms with Gasteiger partial charge in [-0.25, -0.2) is 13.8 Å². The fraction of sp³-hybridized carbons (Fsp3) is 0.227. The van der Waals surface area contributed by atoms with Crippen LogP contribution in [0.4, 0.5) is 14.5 Å². The summed E-state index contributed by atoms with van der Waals surface area (Å²) in [6, 6.07) is 10.4. The maximum Gasteiger partial charge on any atom is 0.272 e. The second kappa shape index (κ2) is 8.84. The lowest BCUT2D eigenvalue weighted by atomic mass is 10.2. The van der Waals surface area contributed by atoms with Crippen molar-refractivity contribution in [2.24, 2.45) is 0 Å². The number of nitrogens with one attached hydrogen (secondary N) is 1. The lowest BCUT2D eigenvalue weighted by Gasteiger charge is -2.14. The van der Waals surface area contributed by atoms with Crippen LogP contribution in [0.25, 0.3) is 5.69 Å². The van der Waals surface area contributed by atoms with Crippen LogP contribution in [0, 0.1) is 18.6 Å². The predicted octanol–water partition coefficient (Wildman–Crippen LogP) is 4.59. The van der Waals surface area contributed by atoms with E-state index >= 15 is 0 Å². The van der Waals surface area contributed by atoms with Gasteiger partial charge >= 0.3 is 0 Å². The summed E-state index contributed by atoms with van der Waals surface area (Å²) in [7, 11) is 0. The number of hydrogen-bond donors (Lipinski definition) is 1. The Morgan fingerprint density at radius 1 is 1.26 bits per heavy atom. The van der Waals surface area contributed by atoms with Crippen molar-refractivity contribution in [2.75, 3.05) is 11.1 Å². The lowest BCUT2D eigenvalue weighted by Crippen LogP contribution is -2.24. The molecule has 3 aromatic rings. The van der Waals surface area contributed by atoms with Gasteiger partial charge in [-0.3, -0.25) is 14.2 Å². The molecule has 5 nitrogen and oxygen atoms in total. The second-order valence-corrected chi connectivity index (χ2v) is 9.63.